The molecule has 0 bridgehead atoms. The van der Waals surface area contributed by atoms with Crippen molar-refractivity contribution in [1.82, 2.24) is 10.2 Å². The maximum absolute atomic E-state index is 12.2. The third-order valence-electron chi connectivity index (χ3n) is 4.45. The van der Waals surface area contributed by atoms with Crippen molar-refractivity contribution in [2.75, 3.05) is 26.2 Å². The average Bonchev–Trinajstić information content (AvgIpc) is 2.73. The summed E-state index contributed by atoms with van der Waals surface area (Å²) in [6.07, 6.45) is 4.32. The molecule has 0 aromatic heterocycles. The average molecular weight is 284 g/mol. The van der Waals surface area contributed by atoms with E-state index in [1.54, 1.807) is 0 Å². The van der Waals surface area contributed by atoms with E-state index < -0.39 is 5.54 Å². The second-order valence-electron chi connectivity index (χ2n) is 6.63. The summed E-state index contributed by atoms with van der Waals surface area (Å²) in [6, 6.07) is 0. The molecule has 1 aliphatic heterocycles. The minimum atomic E-state index is -0.565. The third-order valence-corrected chi connectivity index (χ3v) is 4.45. The smallest absolute Gasteiger partial charge is 0.326 e. The van der Waals surface area contributed by atoms with Crippen LogP contribution in [0.15, 0.2) is 0 Å². The first kappa shape index (κ1) is 17.4. The molecule has 0 amide bonds. The van der Waals surface area contributed by atoms with Crippen molar-refractivity contribution >= 4 is 5.97 Å². The summed E-state index contributed by atoms with van der Waals surface area (Å²) in [5, 5.41) is 3.38. The van der Waals surface area contributed by atoms with Gasteiger partial charge in [0.2, 0.25) is 0 Å². The monoisotopic (exact) mass is 284 g/mol. The number of nitrogens with one attached hydrogen (secondary N) is 1. The van der Waals surface area contributed by atoms with Gasteiger partial charge >= 0.3 is 5.97 Å². The maximum atomic E-state index is 12.2. The number of carbonyl (C=O) groups is 1. The van der Waals surface area contributed by atoms with Crippen molar-refractivity contribution in [1.29, 1.82) is 0 Å². The van der Waals surface area contributed by atoms with Crippen LogP contribution >= 0.6 is 0 Å². The molecule has 1 fully saturated rings. The number of nitrogens with zero attached hydrogens (tertiary/aromatic N) is 1. The van der Waals surface area contributed by atoms with Crippen molar-refractivity contribution in [2.45, 2.75) is 71.4 Å². The van der Waals surface area contributed by atoms with Crippen LogP contribution < -0.4 is 5.32 Å². The SMILES string of the molecule is CCCNC(C)(CCN1CCCC1(C)C)C(=O)OCC. The Balaban J connectivity index is 2.62. The van der Waals surface area contributed by atoms with E-state index >= 15 is 0 Å². The first-order valence-electron chi connectivity index (χ1n) is 8.03. The zero-order valence-electron chi connectivity index (χ0n) is 13.9. The van der Waals surface area contributed by atoms with Crippen molar-refractivity contribution in [3.63, 3.8) is 0 Å². The fourth-order valence-corrected chi connectivity index (χ4v) is 2.89. The van der Waals surface area contributed by atoms with Crippen LogP contribution in [0.5, 0.6) is 0 Å². The van der Waals surface area contributed by atoms with Crippen LogP contribution in [-0.4, -0.2) is 48.2 Å². The van der Waals surface area contributed by atoms with Crippen LogP contribution in [0, 0.1) is 0 Å². The van der Waals surface area contributed by atoms with Gasteiger partial charge in [0.05, 0.1) is 6.61 Å². The molecule has 0 saturated carbocycles. The van der Waals surface area contributed by atoms with E-state index in [1.807, 2.05) is 13.8 Å². The molecule has 1 heterocycles. The molecule has 1 N–H and O–H groups in total. The summed E-state index contributed by atoms with van der Waals surface area (Å²) in [5.74, 6) is -0.120. The molecule has 20 heavy (non-hydrogen) atoms. The van der Waals surface area contributed by atoms with Crippen LogP contribution in [-0.2, 0) is 9.53 Å². The Morgan fingerprint density at radius 2 is 2.10 bits per heavy atom. The molecule has 1 unspecified atom stereocenters. The number of likely N-dealkylation sites (tertiary alicyclic amines) is 1. The number of rotatable bonds is 8. The fraction of sp³-hybridized carbons (Fsp3) is 0.938. The van der Waals surface area contributed by atoms with E-state index in [0.29, 0.717) is 6.61 Å². The quantitative estimate of drug-likeness (QED) is 0.696. The standard InChI is InChI=1S/C16H32N2O2/c1-6-11-17-16(5,14(19)20-7-2)10-13-18-12-8-9-15(18,3)4/h17H,6-13H2,1-5H3. The first-order valence-corrected chi connectivity index (χ1v) is 8.03. The van der Waals surface area contributed by atoms with Gasteiger partial charge in [-0.05, 0) is 66.5 Å². The molecule has 0 radical (unpaired) electrons. The molecular weight excluding hydrogens is 252 g/mol. The van der Waals surface area contributed by atoms with Crippen molar-refractivity contribution < 1.29 is 9.53 Å². The van der Waals surface area contributed by atoms with Gasteiger partial charge in [-0.25, -0.2) is 0 Å². The highest BCUT2D eigenvalue weighted by Gasteiger charge is 2.37. The highest BCUT2D eigenvalue weighted by atomic mass is 16.5. The lowest BCUT2D eigenvalue weighted by Crippen LogP contribution is -2.53. The highest BCUT2D eigenvalue weighted by molar-refractivity contribution is 5.80. The van der Waals surface area contributed by atoms with Gasteiger partial charge in [-0.2, -0.15) is 0 Å². The number of hydrogen-bond acceptors (Lipinski definition) is 4. The second kappa shape index (κ2) is 7.41. The third kappa shape index (κ3) is 4.45. The Kier molecular flexibility index (Phi) is 6.46. The minimum absolute atomic E-state index is 0.120. The molecule has 1 aliphatic rings. The molecule has 1 saturated heterocycles. The normalized spacial score (nSPS) is 21.6. The molecular formula is C16H32N2O2. The zero-order chi connectivity index (χ0) is 15.2. The van der Waals surface area contributed by atoms with Gasteiger partial charge < -0.3 is 10.1 Å². The molecule has 0 aromatic rings. The number of esters is 1. The zero-order valence-corrected chi connectivity index (χ0v) is 13.9. The Bertz CT molecular complexity index is 318. The molecule has 118 valence electrons. The Morgan fingerprint density at radius 3 is 2.60 bits per heavy atom. The lowest BCUT2D eigenvalue weighted by molar-refractivity contribution is -0.151. The molecule has 0 aromatic carbocycles. The predicted octanol–water partition coefficient (Wildman–Crippen LogP) is 2.57. The summed E-state index contributed by atoms with van der Waals surface area (Å²) < 4.78 is 5.25. The van der Waals surface area contributed by atoms with Crippen molar-refractivity contribution in [2.24, 2.45) is 0 Å². The fourth-order valence-electron chi connectivity index (χ4n) is 2.89. The van der Waals surface area contributed by atoms with Crippen LogP contribution in [0.4, 0.5) is 0 Å². The maximum Gasteiger partial charge on any atom is 0.326 e. The van der Waals surface area contributed by atoms with Crippen LogP contribution in [0.2, 0.25) is 0 Å². The Labute approximate surface area is 124 Å². The van der Waals surface area contributed by atoms with Gasteiger partial charge in [-0.15, -0.1) is 0 Å². The van der Waals surface area contributed by atoms with Crippen LogP contribution in [0.1, 0.15) is 60.3 Å². The van der Waals surface area contributed by atoms with Gasteiger partial charge in [0.15, 0.2) is 0 Å². The van der Waals surface area contributed by atoms with Gasteiger partial charge in [-0.1, -0.05) is 6.92 Å². The van der Waals surface area contributed by atoms with Gasteiger partial charge in [-0.3, -0.25) is 9.69 Å². The number of carbonyl (C=O) groups excluding carboxylic acids is 1. The molecule has 0 aliphatic carbocycles. The van der Waals surface area contributed by atoms with Crippen LogP contribution in [0.25, 0.3) is 0 Å². The van der Waals surface area contributed by atoms with Gasteiger partial charge in [0, 0.05) is 12.1 Å². The largest absolute Gasteiger partial charge is 0.465 e. The molecule has 1 atom stereocenters. The van der Waals surface area contributed by atoms with E-state index in [-0.39, 0.29) is 11.5 Å². The van der Waals surface area contributed by atoms with Crippen LogP contribution in [0.3, 0.4) is 0 Å². The molecule has 4 heteroatoms. The molecule has 4 nitrogen and oxygen atoms in total. The predicted molar refractivity (Wildman–Crippen MR) is 82.8 cm³/mol. The second-order valence-corrected chi connectivity index (χ2v) is 6.63. The highest BCUT2D eigenvalue weighted by Crippen LogP contribution is 2.29. The van der Waals surface area contributed by atoms with E-state index in [1.165, 1.54) is 12.8 Å². The lowest BCUT2D eigenvalue weighted by atomic mass is 9.95. The van der Waals surface area contributed by atoms with Crippen molar-refractivity contribution in [3.8, 4) is 0 Å². The summed E-state index contributed by atoms with van der Waals surface area (Å²) in [4.78, 5) is 14.7. The van der Waals surface area contributed by atoms with E-state index in [4.69, 9.17) is 4.74 Å². The number of hydrogen-bond donors (Lipinski definition) is 1. The Morgan fingerprint density at radius 1 is 1.40 bits per heavy atom. The molecule has 0 spiro atoms. The minimum Gasteiger partial charge on any atom is -0.465 e. The number of ether oxygens (including phenoxy) is 1. The molecule has 1 rings (SSSR count). The topological polar surface area (TPSA) is 41.6 Å². The summed E-state index contributed by atoms with van der Waals surface area (Å²) in [7, 11) is 0. The van der Waals surface area contributed by atoms with E-state index in [0.717, 1.165) is 32.5 Å². The summed E-state index contributed by atoms with van der Waals surface area (Å²) in [6.45, 7) is 13.9. The summed E-state index contributed by atoms with van der Waals surface area (Å²) in [5.41, 5.74) is -0.301. The Hall–Kier alpha value is -0.610. The van der Waals surface area contributed by atoms with Crippen molar-refractivity contribution in [3.05, 3.63) is 0 Å². The van der Waals surface area contributed by atoms with Gasteiger partial charge in [0.25, 0.3) is 0 Å². The lowest BCUT2D eigenvalue weighted by Gasteiger charge is -2.35. The first-order chi connectivity index (χ1) is 9.35. The summed E-state index contributed by atoms with van der Waals surface area (Å²) >= 11 is 0. The van der Waals surface area contributed by atoms with Gasteiger partial charge in [0.1, 0.15) is 5.54 Å². The van der Waals surface area contributed by atoms with E-state index in [9.17, 15) is 4.79 Å². The van der Waals surface area contributed by atoms with E-state index in [2.05, 4.69) is 31.0 Å².